The van der Waals surface area contributed by atoms with E-state index in [9.17, 15) is 0 Å². The lowest BCUT2D eigenvalue weighted by atomic mass is 10.0. The molecule has 2 fully saturated rings. The van der Waals surface area contributed by atoms with Gasteiger partial charge in [0, 0.05) is 0 Å². The Kier molecular flexibility index (Phi) is 0.902. The lowest BCUT2D eigenvalue weighted by Crippen LogP contribution is -1.91. The molecule has 2 aliphatic carbocycles. The summed E-state index contributed by atoms with van der Waals surface area (Å²) in [5.41, 5.74) is 0. The molecule has 0 aromatic rings. The van der Waals surface area contributed by atoms with Crippen molar-refractivity contribution in [1.82, 2.24) is 0 Å². The Bertz CT molecular complexity index is 84.2. The Labute approximate surface area is 51.3 Å². The predicted molar refractivity (Wildman–Crippen MR) is 34.6 cm³/mol. The van der Waals surface area contributed by atoms with Gasteiger partial charge in [-0.3, -0.25) is 0 Å². The lowest BCUT2D eigenvalue weighted by molar-refractivity contribution is 0.480. The minimum absolute atomic E-state index is 1.11. The third-order valence-electron chi connectivity index (χ3n) is 3.08. The second-order valence-corrected chi connectivity index (χ2v) is 3.47. The van der Waals surface area contributed by atoms with E-state index in [2.05, 4.69) is 6.92 Å². The van der Waals surface area contributed by atoms with E-state index in [1.807, 2.05) is 0 Å². The van der Waals surface area contributed by atoms with Crippen LogP contribution in [-0.2, 0) is 0 Å². The number of hydrogen-bond acceptors (Lipinski definition) is 0. The Morgan fingerprint density at radius 3 is 1.88 bits per heavy atom. The zero-order valence-corrected chi connectivity index (χ0v) is 5.56. The quantitative estimate of drug-likeness (QED) is 0.449. The fourth-order valence-corrected chi connectivity index (χ4v) is 2.35. The average molecular weight is 110 g/mol. The van der Waals surface area contributed by atoms with Crippen molar-refractivity contribution in [2.45, 2.75) is 32.6 Å². The molecule has 0 N–H and O–H groups in total. The predicted octanol–water partition coefficient (Wildman–Crippen LogP) is 2.44. The molecular weight excluding hydrogens is 96.1 g/mol. The van der Waals surface area contributed by atoms with Crippen LogP contribution in [0, 0.1) is 17.8 Å². The van der Waals surface area contributed by atoms with Gasteiger partial charge in [-0.05, 0) is 30.6 Å². The van der Waals surface area contributed by atoms with Gasteiger partial charge in [-0.1, -0.05) is 19.8 Å². The third-order valence-corrected chi connectivity index (χ3v) is 3.08. The molecule has 2 rings (SSSR count). The first-order chi connectivity index (χ1) is 3.89. The first kappa shape index (κ1) is 4.84. The molecule has 0 bridgehead atoms. The third kappa shape index (κ3) is 0.519. The summed E-state index contributed by atoms with van der Waals surface area (Å²) in [5.74, 6) is 3.45. The van der Waals surface area contributed by atoms with Crippen molar-refractivity contribution < 1.29 is 0 Å². The molecule has 0 saturated heterocycles. The van der Waals surface area contributed by atoms with Crippen molar-refractivity contribution in [3.05, 3.63) is 0 Å². The maximum Gasteiger partial charge on any atom is -0.0355 e. The van der Waals surface area contributed by atoms with Gasteiger partial charge in [0.15, 0.2) is 0 Å². The van der Waals surface area contributed by atoms with Crippen LogP contribution in [0.3, 0.4) is 0 Å². The molecule has 0 spiro atoms. The van der Waals surface area contributed by atoms with E-state index in [1.165, 1.54) is 24.7 Å². The van der Waals surface area contributed by atoms with Gasteiger partial charge in [0.25, 0.3) is 0 Å². The summed E-state index contributed by atoms with van der Waals surface area (Å²) in [5, 5.41) is 0. The van der Waals surface area contributed by atoms with E-state index in [0.717, 1.165) is 5.92 Å². The van der Waals surface area contributed by atoms with Gasteiger partial charge in [0.05, 0.1) is 0 Å². The van der Waals surface area contributed by atoms with Crippen LogP contribution in [0.2, 0.25) is 0 Å². The van der Waals surface area contributed by atoms with Crippen molar-refractivity contribution in [2.75, 3.05) is 0 Å². The van der Waals surface area contributed by atoms with Crippen molar-refractivity contribution in [2.24, 2.45) is 17.8 Å². The molecule has 0 amide bonds. The minimum atomic E-state index is 1.11. The van der Waals surface area contributed by atoms with Crippen LogP contribution in [0.1, 0.15) is 32.6 Å². The molecular formula is C8H14. The number of hydrogen-bond donors (Lipinski definition) is 0. The van der Waals surface area contributed by atoms with Crippen molar-refractivity contribution in [3.63, 3.8) is 0 Å². The largest absolute Gasteiger partial charge is 0.0620 e. The van der Waals surface area contributed by atoms with Gasteiger partial charge >= 0.3 is 0 Å². The first-order valence-electron chi connectivity index (χ1n) is 3.89. The molecule has 0 heterocycles. The maximum absolute atomic E-state index is 2.42. The summed E-state index contributed by atoms with van der Waals surface area (Å²) in [6.45, 7) is 2.42. The van der Waals surface area contributed by atoms with Crippen LogP contribution in [0.15, 0.2) is 0 Å². The number of fused-ring (bicyclic) bond motifs is 1. The molecule has 0 nitrogen and oxygen atoms in total. The monoisotopic (exact) mass is 110 g/mol. The highest BCUT2D eigenvalue weighted by Gasteiger charge is 2.46. The van der Waals surface area contributed by atoms with E-state index in [1.54, 1.807) is 12.8 Å². The Morgan fingerprint density at radius 1 is 1.00 bits per heavy atom. The fraction of sp³-hybridized carbons (Fsp3) is 1.00. The summed E-state index contributed by atoms with van der Waals surface area (Å²) in [6.07, 6.45) is 6.13. The minimum Gasteiger partial charge on any atom is -0.0620 e. The van der Waals surface area contributed by atoms with Crippen LogP contribution < -0.4 is 0 Å². The highest BCUT2D eigenvalue weighted by Crippen LogP contribution is 2.54. The van der Waals surface area contributed by atoms with Gasteiger partial charge in [-0.25, -0.2) is 0 Å². The topological polar surface area (TPSA) is 0 Å². The van der Waals surface area contributed by atoms with Gasteiger partial charge in [0.2, 0.25) is 0 Å². The fourth-order valence-electron chi connectivity index (χ4n) is 2.35. The molecule has 8 heavy (non-hydrogen) atoms. The van der Waals surface area contributed by atoms with E-state index < -0.39 is 0 Å². The highest BCUT2D eigenvalue weighted by molar-refractivity contribution is 4.95. The van der Waals surface area contributed by atoms with Gasteiger partial charge in [-0.2, -0.15) is 0 Å². The summed E-state index contributed by atoms with van der Waals surface area (Å²) in [4.78, 5) is 0. The van der Waals surface area contributed by atoms with Crippen LogP contribution in [0.25, 0.3) is 0 Å². The zero-order valence-electron chi connectivity index (χ0n) is 5.56. The van der Waals surface area contributed by atoms with Crippen LogP contribution in [-0.4, -0.2) is 0 Å². The molecule has 46 valence electrons. The van der Waals surface area contributed by atoms with E-state index in [-0.39, 0.29) is 0 Å². The Morgan fingerprint density at radius 2 is 1.50 bits per heavy atom. The zero-order chi connectivity index (χ0) is 5.56. The van der Waals surface area contributed by atoms with Gasteiger partial charge in [0.1, 0.15) is 0 Å². The molecule has 2 unspecified atom stereocenters. The van der Waals surface area contributed by atoms with E-state index in [0.29, 0.717) is 0 Å². The van der Waals surface area contributed by atoms with Crippen molar-refractivity contribution in [1.29, 1.82) is 0 Å². The molecule has 2 saturated carbocycles. The Hall–Kier alpha value is 0. The van der Waals surface area contributed by atoms with Crippen molar-refractivity contribution >= 4 is 0 Å². The second-order valence-electron chi connectivity index (χ2n) is 3.47. The second kappa shape index (κ2) is 1.49. The van der Waals surface area contributed by atoms with Crippen molar-refractivity contribution in [3.8, 4) is 0 Å². The normalized spacial score (nSPS) is 52.9. The maximum atomic E-state index is 2.42. The molecule has 0 heteroatoms. The molecule has 0 aromatic carbocycles. The molecule has 2 aliphatic rings. The van der Waals surface area contributed by atoms with E-state index in [4.69, 9.17) is 0 Å². The number of rotatable bonds is 0. The Balaban J connectivity index is 1.97. The van der Waals surface area contributed by atoms with E-state index >= 15 is 0 Å². The molecule has 0 aliphatic heterocycles. The molecule has 2 atom stereocenters. The van der Waals surface area contributed by atoms with Crippen LogP contribution in [0.4, 0.5) is 0 Å². The summed E-state index contributed by atoms with van der Waals surface area (Å²) >= 11 is 0. The van der Waals surface area contributed by atoms with Gasteiger partial charge in [-0.15, -0.1) is 0 Å². The standard InChI is InChI=1S/C8H14/c1-6-7-4-2-3-5-8(6)7/h6-8H,2-5H2,1H3. The highest BCUT2D eigenvalue weighted by atomic mass is 14.5. The lowest BCUT2D eigenvalue weighted by Gasteiger charge is -2.05. The van der Waals surface area contributed by atoms with Crippen LogP contribution >= 0.6 is 0 Å². The molecule has 0 radical (unpaired) electrons. The average Bonchev–Trinajstić information content (AvgIpc) is 2.46. The summed E-state index contributed by atoms with van der Waals surface area (Å²) in [7, 11) is 0. The SMILES string of the molecule is CC1C2CCCCC12. The summed E-state index contributed by atoms with van der Waals surface area (Å²) < 4.78 is 0. The molecule has 0 aromatic heterocycles. The van der Waals surface area contributed by atoms with Gasteiger partial charge < -0.3 is 0 Å². The smallest absolute Gasteiger partial charge is 0.0355 e. The first-order valence-corrected chi connectivity index (χ1v) is 3.89. The summed E-state index contributed by atoms with van der Waals surface area (Å²) in [6, 6.07) is 0. The van der Waals surface area contributed by atoms with Crippen LogP contribution in [0.5, 0.6) is 0 Å².